The lowest BCUT2D eigenvalue weighted by Crippen LogP contribution is -2.39. The molecule has 27 heavy (non-hydrogen) atoms. The maximum absolute atomic E-state index is 12.5. The molecule has 4 rings (SSSR count). The van der Waals surface area contributed by atoms with Gasteiger partial charge in [0.15, 0.2) is 0 Å². The van der Waals surface area contributed by atoms with E-state index in [1.807, 2.05) is 24.3 Å². The van der Waals surface area contributed by atoms with Gasteiger partial charge < -0.3 is 10.4 Å². The predicted octanol–water partition coefficient (Wildman–Crippen LogP) is 2.37. The molecular formula is C21H25N3O3. The molecule has 142 valence electrons. The SMILES string of the molecule is O=c1[nH]c(=O)n(CCC2=CCCCC2)c(O)c1C1NCCc2ccccc21. The zero-order valence-electron chi connectivity index (χ0n) is 15.3. The number of aromatic amines is 1. The van der Waals surface area contributed by atoms with E-state index in [0.717, 1.165) is 30.4 Å². The fraction of sp³-hybridized carbons (Fsp3) is 0.429. The summed E-state index contributed by atoms with van der Waals surface area (Å²) in [5.41, 5.74) is 2.59. The minimum atomic E-state index is -0.554. The van der Waals surface area contributed by atoms with Crippen molar-refractivity contribution >= 4 is 0 Å². The van der Waals surface area contributed by atoms with E-state index in [4.69, 9.17) is 0 Å². The third-order valence-corrected chi connectivity index (χ3v) is 5.65. The number of hydrogen-bond acceptors (Lipinski definition) is 4. The van der Waals surface area contributed by atoms with Crippen LogP contribution in [-0.4, -0.2) is 21.2 Å². The van der Waals surface area contributed by atoms with Crippen LogP contribution in [0.15, 0.2) is 45.5 Å². The van der Waals surface area contributed by atoms with Gasteiger partial charge in [-0.2, -0.15) is 0 Å². The number of nitrogens with one attached hydrogen (secondary N) is 2. The minimum absolute atomic E-state index is 0.222. The summed E-state index contributed by atoms with van der Waals surface area (Å²) in [5.74, 6) is -0.227. The smallest absolute Gasteiger partial charge is 0.331 e. The molecule has 0 amide bonds. The van der Waals surface area contributed by atoms with Gasteiger partial charge in [0.25, 0.3) is 5.56 Å². The Morgan fingerprint density at radius 2 is 2.00 bits per heavy atom. The summed E-state index contributed by atoms with van der Waals surface area (Å²) < 4.78 is 1.30. The van der Waals surface area contributed by atoms with Crippen molar-refractivity contribution in [1.82, 2.24) is 14.9 Å². The molecule has 3 N–H and O–H groups in total. The van der Waals surface area contributed by atoms with Crippen molar-refractivity contribution in [2.24, 2.45) is 0 Å². The fourth-order valence-corrected chi connectivity index (χ4v) is 4.19. The van der Waals surface area contributed by atoms with Crippen molar-refractivity contribution in [3.8, 4) is 5.88 Å². The molecule has 1 aromatic heterocycles. The van der Waals surface area contributed by atoms with Gasteiger partial charge in [-0.3, -0.25) is 14.3 Å². The Hall–Kier alpha value is -2.60. The number of aromatic hydroxyl groups is 1. The van der Waals surface area contributed by atoms with Crippen molar-refractivity contribution < 1.29 is 5.11 Å². The molecule has 1 aliphatic heterocycles. The molecule has 0 radical (unpaired) electrons. The van der Waals surface area contributed by atoms with Gasteiger partial charge in [-0.15, -0.1) is 0 Å². The highest BCUT2D eigenvalue weighted by molar-refractivity contribution is 5.41. The second-order valence-corrected chi connectivity index (χ2v) is 7.34. The normalized spacial score (nSPS) is 19.4. The average molecular weight is 367 g/mol. The summed E-state index contributed by atoms with van der Waals surface area (Å²) in [6, 6.07) is 7.49. The molecular weight excluding hydrogens is 342 g/mol. The van der Waals surface area contributed by atoms with Gasteiger partial charge >= 0.3 is 5.69 Å². The standard InChI is InChI=1S/C21H25N3O3/c25-19-17(18-16-9-5-4-8-15(16)10-12-22-18)20(26)24(21(27)23-19)13-11-14-6-2-1-3-7-14/h4-6,8-9,18,22,26H,1-3,7,10-13H2,(H,23,25,27). The lowest BCUT2D eigenvalue weighted by atomic mass is 9.90. The zero-order valence-corrected chi connectivity index (χ0v) is 15.3. The van der Waals surface area contributed by atoms with Crippen molar-refractivity contribution in [2.75, 3.05) is 6.54 Å². The Morgan fingerprint density at radius 1 is 1.15 bits per heavy atom. The first-order valence-corrected chi connectivity index (χ1v) is 9.70. The van der Waals surface area contributed by atoms with E-state index < -0.39 is 17.3 Å². The highest BCUT2D eigenvalue weighted by atomic mass is 16.3. The molecule has 1 aromatic carbocycles. The number of fused-ring (bicyclic) bond motifs is 1. The first kappa shape index (κ1) is 17.8. The number of rotatable bonds is 4. The summed E-state index contributed by atoms with van der Waals surface area (Å²) in [5, 5.41) is 14.2. The van der Waals surface area contributed by atoms with Crippen LogP contribution >= 0.6 is 0 Å². The summed E-state index contributed by atoms with van der Waals surface area (Å²) in [4.78, 5) is 27.3. The molecule has 0 fully saturated rings. The lowest BCUT2D eigenvalue weighted by molar-refractivity contribution is 0.382. The molecule has 1 aliphatic carbocycles. The van der Waals surface area contributed by atoms with Crippen molar-refractivity contribution in [3.05, 3.63) is 73.4 Å². The number of H-pyrrole nitrogens is 1. The van der Waals surface area contributed by atoms with E-state index in [1.165, 1.54) is 23.0 Å². The second kappa shape index (κ2) is 7.56. The average Bonchev–Trinajstić information content (AvgIpc) is 2.68. The Labute approximate surface area is 157 Å². The summed E-state index contributed by atoms with van der Waals surface area (Å²) in [7, 11) is 0. The number of allylic oxidation sites excluding steroid dienone is 2. The molecule has 1 atom stereocenters. The monoisotopic (exact) mass is 367 g/mol. The lowest BCUT2D eigenvalue weighted by Gasteiger charge is -2.27. The molecule has 2 aromatic rings. The highest BCUT2D eigenvalue weighted by Gasteiger charge is 2.28. The molecule has 1 unspecified atom stereocenters. The molecule has 6 heteroatoms. The van der Waals surface area contributed by atoms with Crippen LogP contribution in [0.5, 0.6) is 5.88 Å². The van der Waals surface area contributed by atoms with Crippen LogP contribution in [0.4, 0.5) is 0 Å². The van der Waals surface area contributed by atoms with E-state index in [2.05, 4.69) is 16.4 Å². The van der Waals surface area contributed by atoms with E-state index in [-0.39, 0.29) is 11.4 Å². The van der Waals surface area contributed by atoms with Crippen molar-refractivity contribution in [1.29, 1.82) is 0 Å². The van der Waals surface area contributed by atoms with Gasteiger partial charge in [-0.1, -0.05) is 35.9 Å². The first-order chi connectivity index (χ1) is 13.1. The van der Waals surface area contributed by atoms with Crippen LogP contribution in [0.25, 0.3) is 0 Å². The van der Waals surface area contributed by atoms with Crippen LogP contribution < -0.4 is 16.6 Å². The van der Waals surface area contributed by atoms with Crippen LogP contribution in [-0.2, 0) is 13.0 Å². The highest BCUT2D eigenvalue weighted by Crippen LogP contribution is 2.31. The van der Waals surface area contributed by atoms with Crippen molar-refractivity contribution in [3.63, 3.8) is 0 Å². The molecule has 0 spiro atoms. The molecule has 2 heterocycles. The minimum Gasteiger partial charge on any atom is -0.494 e. The van der Waals surface area contributed by atoms with Gasteiger partial charge in [-0.25, -0.2) is 4.79 Å². The van der Waals surface area contributed by atoms with Crippen LogP contribution in [0.1, 0.15) is 54.8 Å². The van der Waals surface area contributed by atoms with E-state index in [0.29, 0.717) is 19.5 Å². The third kappa shape index (κ3) is 3.49. The molecule has 0 saturated heterocycles. The number of hydrogen-bond donors (Lipinski definition) is 3. The van der Waals surface area contributed by atoms with E-state index >= 15 is 0 Å². The summed E-state index contributed by atoms with van der Waals surface area (Å²) in [6.45, 7) is 1.08. The molecule has 2 aliphatic rings. The molecule has 0 bridgehead atoms. The van der Waals surface area contributed by atoms with Crippen LogP contribution in [0, 0.1) is 0 Å². The fourth-order valence-electron chi connectivity index (χ4n) is 4.19. The van der Waals surface area contributed by atoms with Gasteiger partial charge in [0.05, 0.1) is 11.6 Å². The van der Waals surface area contributed by atoms with Crippen molar-refractivity contribution in [2.45, 2.75) is 51.1 Å². The molecule has 0 saturated carbocycles. The van der Waals surface area contributed by atoms with E-state index in [9.17, 15) is 14.7 Å². The zero-order chi connectivity index (χ0) is 18.8. The summed E-state index contributed by atoms with van der Waals surface area (Å²) in [6.07, 6.45) is 8.33. The Kier molecular flexibility index (Phi) is 4.99. The molecule has 6 nitrogen and oxygen atoms in total. The van der Waals surface area contributed by atoms with Gasteiger partial charge in [0, 0.05) is 13.1 Å². The first-order valence-electron chi connectivity index (χ1n) is 9.70. The Bertz CT molecular complexity index is 987. The topological polar surface area (TPSA) is 87.1 Å². The number of nitrogens with zero attached hydrogens (tertiary/aromatic N) is 1. The maximum Gasteiger partial charge on any atom is 0.331 e. The quantitative estimate of drug-likeness (QED) is 0.724. The number of aromatic nitrogens is 2. The Morgan fingerprint density at radius 3 is 2.81 bits per heavy atom. The predicted molar refractivity (Wildman–Crippen MR) is 104 cm³/mol. The van der Waals surface area contributed by atoms with Gasteiger partial charge in [0.1, 0.15) is 0 Å². The second-order valence-electron chi connectivity index (χ2n) is 7.34. The van der Waals surface area contributed by atoms with Crippen LogP contribution in [0.3, 0.4) is 0 Å². The summed E-state index contributed by atoms with van der Waals surface area (Å²) >= 11 is 0. The van der Waals surface area contributed by atoms with Gasteiger partial charge in [0.2, 0.25) is 5.88 Å². The van der Waals surface area contributed by atoms with Crippen LogP contribution in [0.2, 0.25) is 0 Å². The van der Waals surface area contributed by atoms with Gasteiger partial charge in [-0.05, 0) is 49.7 Å². The van der Waals surface area contributed by atoms with E-state index in [1.54, 1.807) is 0 Å². The Balaban J connectivity index is 1.71. The maximum atomic E-state index is 12.5. The largest absolute Gasteiger partial charge is 0.494 e. The third-order valence-electron chi connectivity index (χ3n) is 5.65. The number of benzene rings is 1.